The van der Waals surface area contributed by atoms with E-state index in [4.69, 9.17) is 0 Å². The Hall–Kier alpha value is -7.92. The number of anilines is 3. The molecule has 1 atom stereocenters. The van der Waals surface area contributed by atoms with E-state index >= 15 is 8.78 Å². The largest absolute Gasteiger partial charge is 0.310 e. The van der Waals surface area contributed by atoms with Crippen LogP contribution in [0.4, 0.5) is 25.8 Å². The van der Waals surface area contributed by atoms with E-state index in [-0.39, 0.29) is 11.6 Å². The Bertz CT molecular complexity index is 3450. The lowest BCUT2D eigenvalue weighted by Gasteiger charge is -2.34. The van der Waals surface area contributed by atoms with Gasteiger partial charge in [0.05, 0.1) is 11.1 Å². The van der Waals surface area contributed by atoms with Crippen LogP contribution in [0.15, 0.2) is 237 Å². The van der Waals surface area contributed by atoms with Crippen LogP contribution in [0, 0.1) is 11.6 Å². The predicted octanol–water partition coefficient (Wildman–Crippen LogP) is 17.2. The molecule has 12 rings (SSSR count). The number of halogens is 2. The Balaban J connectivity index is 1.08. The lowest BCUT2D eigenvalue weighted by atomic mass is 9.67. The predicted molar refractivity (Wildman–Crippen MR) is 268 cm³/mol. The van der Waals surface area contributed by atoms with Gasteiger partial charge in [-0.2, -0.15) is 0 Å². The Kier molecular flexibility index (Phi) is 9.36. The van der Waals surface area contributed by atoms with Crippen LogP contribution in [-0.4, -0.2) is 0 Å². The minimum Gasteiger partial charge on any atom is -0.310 e. The molecule has 4 heteroatoms. The highest BCUT2D eigenvalue weighted by Crippen LogP contribution is 2.60. The maximum atomic E-state index is 17.1. The molecule has 0 spiro atoms. The zero-order valence-electron chi connectivity index (χ0n) is 35.1. The summed E-state index contributed by atoms with van der Waals surface area (Å²) in [4.78, 5) is 2.15. The topological polar surface area (TPSA) is 3.24 Å². The third-order valence-electron chi connectivity index (χ3n) is 13.1. The second-order valence-corrected chi connectivity index (χ2v) is 17.7. The molecule has 0 N–H and O–H groups in total. The molecule has 0 saturated heterocycles. The van der Waals surface area contributed by atoms with Gasteiger partial charge in [-0.25, -0.2) is 8.78 Å². The molecule has 65 heavy (non-hydrogen) atoms. The van der Waals surface area contributed by atoms with Gasteiger partial charge in [0.15, 0.2) is 0 Å². The third-order valence-corrected chi connectivity index (χ3v) is 14.3. The molecule has 0 aliphatic heterocycles. The second kappa shape index (κ2) is 15.7. The molecule has 1 unspecified atom stereocenters. The van der Waals surface area contributed by atoms with Crippen LogP contribution >= 0.6 is 11.3 Å². The summed E-state index contributed by atoms with van der Waals surface area (Å²) in [5.74, 6) is -0.732. The van der Waals surface area contributed by atoms with Gasteiger partial charge in [0.25, 0.3) is 0 Å². The highest BCUT2D eigenvalue weighted by molar-refractivity contribution is 7.26. The van der Waals surface area contributed by atoms with Crippen molar-refractivity contribution in [1.82, 2.24) is 0 Å². The number of nitrogens with zero attached hydrogens (tertiary/aromatic N) is 1. The Morgan fingerprint density at radius 1 is 0.369 bits per heavy atom. The van der Waals surface area contributed by atoms with Gasteiger partial charge in [0.2, 0.25) is 0 Å². The molecule has 10 aromatic carbocycles. The van der Waals surface area contributed by atoms with Gasteiger partial charge in [-0.1, -0.05) is 182 Å². The summed E-state index contributed by atoms with van der Waals surface area (Å²) in [6.45, 7) is 0. The summed E-state index contributed by atoms with van der Waals surface area (Å²) in [5.41, 5.74) is 13.0. The summed E-state index contributed by atoms with van der Waals surface area (Å²) >= 11 is 1.80. The van der Waals surface area contributed by atoms with Crippen LogP contribution in [0.2, 0.25) is 0 Å². The van der Waals surface area contributed by atoms with Crippen molar-refractivity contribution in [3.8, 4) is 44.5 Å². The van der Waals surface area contributed by atoms with E-state index in [1.54, 1.807) is 29.5 Å². The highest BCUT2D eigenvalue weighted by atomic mass is 32.1. The fourth-order valence-electron chi connectivity index (χ4n) is 10.2. The minimum atomic E-state index is -1.06. The smallest absolute Gasteiger partial charge is 0.125 e. The second-order valence-electron chi connectivity index (χ2n) is 16.7. The molecule has 1 aromatic heterocycles. The zero-order chi connectivity index (χ0) is 43.5. The Labute approximate surface area is 380 Å². The SMILES string of the molecule is Fc1ccc2c(c1)C(c1ccccc1)(c1ccc(-c3cccc4c3sc3ccccc34)cc1)c1cc(F)cc(N(c3ccc(-c4ccccc4)cc3)c3ccc(-c4ccccc4)cc3)c1-2. The van der Waals surface area contributed by atoms with Crippen molar-refractivity contribution in [2.75, 3.05) is 4.90 Å². The molecule has 11 aromatic rings. The van der Waals surface area contributed by atoms with Crippen LogP contribution in [-0.2, 0) is 5.41 Å². The van der Waals surface area contributed by atoms with E-state index < -0.39 is 5.41 Å². The van der Waals surface area contributed by atoms with Crippen LogP contribution in [0.3, 0.4) is 0 Å². The number of benzene rings is 10. The molecule has 0 bridgehead atoms. The van der Waals surface area contributed by atoms with Crippen molar-refractivity contribution < 1.29 is 8.78 Å². The highest BCUT2D eigenvalue weighted by Gasteiger charge is 2.48. The van der Waals surface area contributed by atoms with Gasteiger partial charge in [-0.15, -0.1) is 11.3 Å². The molecular formula is C61H39F2NS. The van der Waals surface area contributed by atoms with Crippen LogP contribution in [0.25, 0.3) is 64.7 Å². The average Bonchev–Trinajstić information content (AvgIpc) is 3.89. The molecular weight excluding hydrogens is 817 g/mol. The van der Waals surface area contributed by atoms with Gasteiger partial charge in [-0.3, -0.25) is 0 Å². The maximum absolute atomic E-state index is 17.1. The van der Waals surface area contributed by atoms with E-state index in [0.29, 0.717) is 5.69 Å². The number of fused-ring (bicyclic) bond motifs is 6. The van der Waals surface area contributed by atoms with E-state index in [1.165, 1.54) is 26.2 Å². The molecule has 1 nitrogen and oxygen atoms in total. The van der Waals surface area contributed by atoms with Crippen molar-refractivity contribution in [2.45, 2.75) is 5.41 Å². The van der Waals surface area contributed by atoms with E-state index in [9.17, 15) is 0 Å². The van der Waals surface area contributed by atoms with Crippen molar-refractivity contribution in [1.29, 1.82) is 0 Å². The van der Waals surface area contributed by atoms with Crippen LogP contribution in [0.5, 0.6) is 0 Å². The van der Waals surface area contributed by atoms with Gasteiger partial charge in [0, 0.05) is 37.1 Å². The number of thiophene rings is 1. The van der Waals surface area contributed by atoms with Crippen molar-refractivity contribution in [3.05, 3.63) is 270 Å². The quantitative estimate of drug-likeness (QED) is 0.147. The van der Waals surface area contributed by atoms with Gasteiger partial charge < -0.3 is 4.90 Å². The molecule has 1 heterocycles. The molecule has 0 amide bonds. The van der Waals surface area contributed by atoms with E-state index in [0.717, 1.165) is 78.1 Å². The zero-order valence-corrected chi connectivity index (χ0v) is 35.9. The van der Waals surface area contributed by atoms with Gasteiger partial charge >= 0.3 is 0 Å². The minimum absolute atomic E-state index is 0.350. The average molecular weight is 856 g/mol. The van der Waals surface area contributed by atoms with Gasteiger partial charge in [0.1, 0.15) is 11.6 Å². The number of hydrogen-bond acceptors (Lipinski definition) is 2. The molecule has 0 radical (unpaired) electrons. The lowest BCUT2D eigenvalue weighted by Crippen LogP contribution is -2.29. The molecule has 0 fully saturated rings. The van der Waals surface area contributed by atoms with E-state index in [1.807, 2.05) is 60.7 Å². The fraction of sp³-hybridized carbons (Fsp3) is 0.0164. The number of rotatable bonds is 8. The first-order valence-corrected chi connectivity index (χ1v) is 22.7. The first kappa shape index (κ1) is 38.7. The summed E-state index contributed by atoms with van der Waals surface area (Å²) < 4.78 is 35.6. The first-order valence-electron chi connectivity index (χ1n) is 21.9. The Morgan fingerprint density at radius 2 is 0.892 bits per heavy atom. The molecule has 308 valence electrons. The molecule has 1 aliphatic carbocycles. The summed E-state index contributed by atoms with van der Waals surface area (Å²) in [7, 11) is 0. The first-order chi connectivity index (χ1) is 32.0. The lowest BCUT2D eigenvalue weighted by molar-refractivity contribution is 0.616. The van der Waals surface area contributed by atoms with E-state index in [2.05, 4.69) is 157 Å². The van der Waals surface area contributed by atoms with Gasteiger partial charge in [-0.05, 0) is 116 Å². The summed E-state index contributed by atoms with van der Waals surface area (Å²) in [5, 5.41) is 2.49. The Morgan fingerprint density at radius 3 is 1.54 bits per heavy atom. The van der Waals surface area contributed by atoms with Crippen LogP contribution in [0.1, 0.15) is 22.3 Å². The molecule has 0 saturated carbocycles. The summed E-state index contributed by atoms with van der Waals surface area (Å²) in [6.07, 6.45) is 0. The monoisotopic (exact) mass is 855 g/mol. The summed E-state index contributed by atoms with van der Waals surface area (Å²) in [6, 6.07) is 79.8. The maximum Gasteiger partial charge on any atom is 0.125 e. The third kappa shape index (κ3) is 6.40. The molecule has 1 aliphatic rings. The van der Waals surface area contributed by atoms with Crippen LogP contribution < -0.4 is 4.90 Å². The normalized spacial score (nSPS) is 14.1. The van der Waals surface area contributed by atoms with Crippen molar-refractivity contribution in [3.63, 3.8) is 0 Å². The number of hydrogen-bond donors (Lipinski definition) is 0. The van der Waals surface area contributed by atoms with Crippen molar-refractivity contribution in [2.24, 2.45) is 0 Å². The van der Waals surface area contributed by atoms with Crippen molar-refractivity contribution >= 4 is 48.6 Å². The fourth-order valence-corrected chi connectivity index (χ4v) is 11.4. The standard InChI is InChI=1S/C61H39F2NS/c62-47-31-36-54-55(37-47)61(45-17-8-3-9-18-45,46-29-23-44(24-30-46)51-20-12-21-53-52-19-10-11-22-58(52)65-60(51)53)56-38-48(63)39-57(59(54)56)64(49-32-25-42(26-33-49)40-13-4-1-5-14-40)50-34-27-43(28-35-50)41-15-6-2-7-16-41/h1-39H.